The first-order chi connectivity index (χ1) is 8.01. The van der Waals surface area contributed by atoms with E-state index in [0.29, 0.717) is 13.0 Å². The van der Waals surface area contributed by atoms with E-state index in [1.807, 2.05) is 37.3 Å². The van der Waals surface area contributed by atoms with Gasteiger partial charge in [0.2, 0.25) is 0 Å². The predicted molar refractivity (Wildman–Crippen MR) is 66.1 cm³/mol. The summed E-state index contributed by atoms with van der Waals surface area (Å²) < 4.78 is 32.0. The summed E-state index contributed by atoms with van der Waals surface area (Å²) in [6.45, 7) is 2.47. The summed E-state index contributed by atoms with van der Waals surface area (Å²) in [5.41, 5.74) is 1.06. The van der Waals surface area contributed by atoms with Gasteiger partial charge in [0.1, 0.15) is 0 Å². The molecule has 0 radical (unpaired) electrons. The summed E-state index contributed by atoms with van der Waals surface area (Å²) in [5.74, 6) is 0. The largest absolute Gasteiger partial charge is 0.371 e. The van der Waals surface area contributed by atoms with E-state index in [9.17, 15) is 8.42 Å². The van der Waals surface area contributed by atoms with Crippen molar-refractivity contribution in [2.75, 3.05) is 12.9 Å². The van der Waals surface area contributed by atoms with E-state index in [-0.39, 0.29) is 12.7 Å². The lowest BCUT2D eigenvalue weighted by molar-refractivity contribution is 0.00921. The standard InChI is InChI=1S/C12H18O4S/c1-3-12(10-16-17(2,13)14)15-9-11-7-5-4-6-8-11/h4-8,12H,3,9-10H2,1-2H3. The van der Waals surface area contributed by atoms with Gasteiger partial charge >= 0.3 is 0 Å². The highest BCUT2D eigenvalue weighted by Crippen LogP contribution is 2.07. The van der Waals surface area contributed by atoms with Gasteiger partial charge < -0.3 is 4.74 Å². The zero-order valence-corrected chi connectivity index (χ0v) is 10.9. The second kappa shape index (κ2) is 6.74. The zero-order valence-electron chi connectivity index (χ0n) is 10.1. The summed E-state index contributed by atoms with van der Waals surface area (Å²) in [7, 11) is -3.39. The Hall–Kier alpha value is -0.910. The summed E-state index contributed by atoms with van der Waals surface area (Å²) in [6.07, 6.45) is 1.55. The van der Waals surface area contributed by atoms with Crippen molar-refractivity contribution < 1.29 is 17.3 Å². The van der Waals surface area contributed by atoms with Crippen LogP contribution < -0.4 is 0 Å². The molecular formula is C12H18O4S. The van der Waals surface area contributed by atoms with E-state index in [0.717, 1.165) is 11.8 Å². The van der Waals surface area contributed by atoms with Gasteiger partial charge in [0, 0.05) is 0 Å². The Bertz CT molecular complexity index is 413. The number of hydrogen-bond acceptors (Lipinski definition) is 4. The van der Waals surface area contributed by atoms with Crippen LogP contribution in [0.2, 0.25) is 0 Å². The lowest BCUT2D eigenvalue weighted by Gasteiger charge is -2.15. The third kappa shape index (κ3) is 6.41. The summed E-state index contributed by atoms with van der Waals surface area (Å²) in [5, 5.41) is 0. The van der Waals surface area contributed by atoms with E-state index in [1.165, 1.54) is 0 Å². The van der Waals surface area contributed by atoms with Gasteiger partial charge in [-0.2, -0.15) is 8.42 Å². The Kier molecular flexibility index (Phi) is 5.61. The van der Waals surface area contributed by atoms with Gasteiger partial charge in [-0.05, 0) is 12.0 Å². The minimum atomic E-state index is -3.39. The molecule has 0 N–H and O–H groups in total. The summed E-state index contributed by atoms with van der Waals surface area (Å²) in [6, 6.07) is 9.74. The van der Waals surface area contributed by atoms with Crippen molar-refractivity contribution in [2.45, 2.75) is 26.1 Å². The summed E-state index contributed by atoms with van der Waals surface area (Å²) >= 11 is 0. The average Bonchev–Trinajstić information content (AvgIpc) is 2.29. The van der Waals surface area contributed by atoms with E-state index in [1.54, 1.807) is 0 Å². The molecule has 1 aromatic rings. The highest BCUT2D eigenvalue weighted by molar-refractivity contribution is 7.85. The van der Waals surface area contributed by atoms with Crippen LogP contribution in [-0.4, -0.2) is 27.4 Å². The first kappa shape index (κ1) is 14.2. The van der Waals surface area contributed by atoms with Crippen molar-refractivity contribution in [3.05, 3.63) is 35.9 Å². The van der Waals surface area contributed by atoms with E-state index >= 15 is 0 Å². The van der Waals surface area contributed by atoms with Crippen molar-refractivity contribution in [3.63, 3.8) is 0 Å². The van der Waals surface area contributed by atoms with Crippen LogP contribution in [0.4, 0.5) is 0 Å². The van der Waals surface area contributed by atoms with Gasteiger partial charge in [0.15, 0.2) is 0 Å². The lowest BCUT2D eigenvalue weighted by Crippen LogP contribution is -2.21. The van der Waals surface area contributed by atoms with Gasteiger partial charge in [-0.25, -0.2) is 0 Å². The van der Waals surface area contributed by atoms with E-state index in [4.69, 9.17) is 8.92 Å². The molecule has 0 bridgehead atoms. The third-order valence-electron chi connectivity index (χ3n) is 2.25. The monoisotopic (exact) mass is 258 g/mol. The van der Waals surface area contributed by atoms with Crippen LogP contribution in [0.1, 0.15) is 18.9 Å². The summed E-state index contributed by atoms with van der Waals surface area (Å²) in [4.78, 5) is 0. The Morgan fingerprint density at radius 1 is 1.24 bits per heavy atom. The molecule has 0 aliphatic rings. The minimum Gasteiger partial charge on any atom is -0.371 e. The quantitative estimate of drug-likeness (QED) is 0.702. The van der Waals surface area contributed by atoms with Crippen molar-refractivity contribution in [3.8, 4) is 0 Å². The van der Waals surface area contributed by atoms with Crippen LogP contribution in [0.15, 0.2) is 30.3 Å². The van der Waals surface area contributed by atoms with Crippen molar-refractivity contribution in [2.24, 2.45) is 0 Å². The van der Waals surface area contributed by atoms with Gasteiger partial charge in [-0.3, -0.25) is 4.18 Å². The molecular weight excluding hydrogens is 240 g/mol. The second-order valence-corrected chi connectivity index (χ2v) is 5.46. The highest BCUT2D eigenvalue weighted by atomic mass is 32.2. The maximum absolute atomic E-state index is 10.8. The Morgan fingerprint density at radius 2 is 1.88 bits per heavy atom. The normalized spacial score (nSPS) is 13.5. The molecule has 0 aliphatic carbocycles. The molecule has 0 heterocycles. The first-order valence-electron chi connectivity index (χ1n) is 5.51. The molecule has 0 saturated carbocycles. The van der Waals surface area contributed by atoms with Crippen LogP contribution in [-0.2, 0) is 25.6 Å². The molecule has 0 saturated heterocycles. The van der Waals surface area contributed by atoms with E-state index < -0.39 is 10.1 Å². The van der Waals surface area contributed by atoms with Gasteiger partial charge in [-0.1, -0.05) is 37.3 Å². The number of rotatable bonds is 7. The molecule has 5 heteroatoms. The van der Waals surface area contributed by atoms with Crippen molar-refractivity contribution in [1.29, 1.82) is 0 Å². The number of ether oxygens (including phenoxy) is 1. The van der Waals surface area contributed by atoms with Crippen LogP contribution in [0, 0.1) is 0 Å². The topological polar surface area (TPSA) is 52.6 Å². The minimum absolute atomic E-state index is 0.0716. The Morgan fingerprint density at radius 3 is 2.41 bits per heavy atom. The molecule has 0 aromatic heterocycles. The zero-order chi connectivity index (χ0) is 12.7. The molecule has 1 rings (SSSR count). The lowest BCUT2D eigenvalue weighted by atomic mass is 10.2. The molecule has 4 nitrogen and oxygen atoms in total. The van der Waals surface area contributed by atoms with Crippen molar-refractivity contribution >= 4 is 10.1 Å². The predicted octanol–water partition coefficient (Wildman–Crippen LogP) is 1.96. The maximum atomic E-state index is 10.8. The second-order valence-electron chi connectivity index (χ2n) is 3.82. The first-order valence-corrected chi connectivity index (χ1v) is 7.33. The van der Waals surface area contributed by atoms with Crippen LogP contribution in [0.3, 0.4) is 0 Å². The molecule has 1 unspecified atom stereocenters. The molecule has 0 fully saturated rings. The fourth-order valence-electron chi connectivity index (χ4n) is 1.27. The maximum Gasteiger partial charge on any atom is 0.264 e. The average molecular weight is 258 g/mol. The number of benzene rings is 1. The highest BCUT2D eigenvalue weighted by Gasteiger charge is 2.11. The molecule has 0 aliphatic heterocycles. The van der Waals surface area contributed by atoms with Crippen LogP contribution in [0.25, 0.3) is 0 Å². The van der Waals surface area contributed by atoms with Crippen LogP contribution in [0.5, 0.6) is 0 Å². The third-order valence-corrected chi connectivity index (χ3v) is 2.82. The van der Waals surface area contributed by atoms with Gasteiger partial charge in [-0.15, -0.1) is 0 Å². The molecule has 1 aromatic carbocycles. The Labute approximate surface area is 103 Å². The SMILES string of the molecule is CCC(COS(C)(=O)=O)OCc1ccccc1. The van der Waals surface area contributed by atoms with Crippen LogP contribution >= 0.6 is 0 Å². The van der Waals surface area contributed by atoms with Gasteiger partial charge in [0.25, 0.3) is 10.1 Å². The van der Waals surface area contributed by atoms with E-state index in [2.05, 4.69) is 0 Å². The fraction of sp³-hybridized carbons (Fsp3) is 0.500. The van der Waals surface area contributed by atoms with Crippen molar-refractivity contribution in [1.82, 2.24) is 0 Å². The molecule has 17 heavy (non-hydrogen) atoms. The molecule has 96 valence electrons. The number of hydrogen-bond donors (Lipinski definition) is 0. The Balaban J connectivity index is 2.38. The van der Waals surface area contributed by atoms with Gasteiger partial charge in [0.05, 0.1) is 25.6 Å². The smallest absolute Gasteiger partial charge is 0.264 e. The molecule has 0 amide bonds. The molecule has 0 spiro atoms. The molecule has 1 atom stereocenters. The fourth-order valence-corrected chi connectivity index (χ4v) is 1.67.